The van der Waals surface area contributed by atoms with Crippen molar-refractivity contribution in [3.05, 3.63) is 24.5 Å². The van der Waals surface area contributed by atoms with E-state index in [9.17, 15) is 5.11 Å². The summed E-state index contributed by atoms with van der Waals surface area (Å²) in [4.78, 5) is 7.66. The molecule has 0 fully saturated rings. The number of hydrogen-bond donors (Lipinski definition) is 1. The fourth-order valence-corrected chi connectivity index (χ4v) is 1.15. The standard InChI is InChI=1S/C9H8N2O2/c1-13-6-2-3-8-7(4-6)9(12)11-5-10-8/h2-5H,1H3,(H,10,11,12). The maximum Gasteiger partial charge on any atom is 0.222 e. The lowest BCUT2D eigenvalue weighted by molar-refractivity contribution is 0.414. The molecular formula is C9H8N2O2. The highest BCUT2D eigenvalue weighted by Gasteiger charge is 2.02. The number of nitrogens with zero attached hydrogens (tertiary/aromatic N) is 2. The molecule has 0 saturated carbocycles. The van der Waals surface area contributed by atoms with E-state index in [1.807, 2.05) is 0 Å². The van der Waals surface area contributed by atoms with Crippen LogP contribution in [0.3, 0.4) is 0 Å². The number of methoxy groups -OCH3 is 1. The van der Waals surface area contributed by atoms with Gasteiger partial charge in [-0.05, 0) is 18.2 Å². The fourth-order valence-electron chi connectivity index (χ4n) is 1.15. The molecule has 1 aromatic heterocycles. The Kier molecular flexibility index (Phi) is 1.73. The predicted octanol–water partition coefficient (Wildman–Crippen LogP) is 1.34. The molecule has 0 aliphatic rings. The van der Waals surface area contributed by atoms with E-state index >= 15 is 0 Å². The highest BCUT2D eigenvalue weighted by Crippen LogP contribution is 2.24. The van der Waals surface area contributed by atoms with Crippen LogP contribution in [0.4, 0.5) is 0 Å². The molecule has 0 aliphatic carbocycles. The molecule has 1 heterocycles. The van der Waals surface area contributed by atoms with Crippen molar-refractivity contribution >= 4 is 10.9 Å². The largest absolute Gasteiger partial charge is 0.497 e. The summed E-state index contributed by atoms with van der Waals surface area (Å²) in [6.45, 7) is 0. The second-order valence-corrected chi connectivity index (χ2v) is 2.58. The first-order valence-electron chi connectivity index (χ1n) is 3.79. The zero-order chi connectivity index (χ0) is 9.26. The summed E-state index contributed by atoms with van der Waals surface area (Å²) in [5.74, 6) is 0.654. The topological polar surface area (TPSA) is 55.2 Å². The maximum atomic E-state index is 9.38. The van der Waals surface area contributed by atoms with Gasteiger partial charge in [-0.1, -0.05) is 0 Å². The maximum absolute atomic E-state index is 9.38. The van der Waals surface area contributed by atoms with Crippen LogP contribution in [0.25, 0.3) is 10.9 Å². The van der Waals surface area contributed by atoms with Crippen molar-refractivity contribution in [2.75, 3.05) is 7.11 Å². The van der Waals surface area contributed by atoms with Crippen molar-refractivity contribution in [2.45, 2.75) is 0 Å². The monoisotopic (exact) mass is 176 g/mol. The van der Waals surface area contributed by atoms with Gasteiger partial charge in [0, 0.05) is 0 Å². The molecule has 2 rings (SSSR count). The molecule has 0 radical (unpaired) electrons. The number of hydrogen-bond acceptors (Lipinski definition) is 4. The quantitative estimate of drug-likeness (QED) is 0.712. The average Bonchev–Trinajstić information content (AvgIpc) is 2.18. The van der Waals surface area contributed by atoms with Crippen LogP contribution in [0.2, 0.25) is 0 Å². The number of aromatic nitrogens is 2. The number of ether oxygens (including phenoxy) is 1. The van der Waals surface area contributed by atoms with Crippen molar-refractivity contribution in [3.8, 4) is 11.6 Å². The second-order valence-electron chi connectivity index (χ2n) is 2.58. The molecule has 0 aliphatic heterocycles. The van der Waals surface area contributed by atoms with E-state index in [0.29, 0.717) is 16.7 Å². The second kappa shape index (κ2) is 2.90. The molecule has 0 unspecified atom stereocenters. The molecule has 4 nitrogen and oxygen atoms in total. The lowest BCUT2D eigenvalue weighted by Gasteiger charge is -2.01. The van der Waals surface area contributed by atoms with Gasteiger partial charge in [0.05, 0.1) is 18.0 Å². The minimum atomic E-state index is -0.0242. The van der Waals surface area contributed by atoms with Crippen LogP contribution >= 0.6 is 0 Å². The highest BCUT2D eigenvalue weighted by atomic mass is 16.5. The van der Waals surface area contributed by atoms with Crippen LogP contribution in [0.1, 0.15) is 0 Å². The third kappa shape index (κ3) is 1.26. The summed E-state index contributed by atoms with van der Waals surface area (Å²) in [7, 11) is 1.57. The Morgan fingerprint density at radius 3 is 2.92 bits per heavy atom. The third-order valence-corrected chi connectivity index (χ3v) is 1.82. The molecular weight excluding hydrogens is 168 g/mol. The van der Waals surface area contributed by atoms with Crippen molar-refractivity contribution in [1.82, 2.24) is 9.97 Å². The minimum Gasteiger partial charge on any atom is -0.497 e. The van der Waals surface area contributed by atoms with Gasteiger partial charge in [0.25, 0.3) is 0 Å². The Bertz CT molecular complexity index is 443. The number of fused-ring (bicyclic) bond motifs is 1. The van der Waals surface area contributed by atoms with Crippen LogP contribution in [0, 0.1) is 0 Å². The van der Waals surface area contributed by atoms with Gasteiger partial charge < -0.3 is 9.84 Å². The fraction of sp³-hybridized carbons (Fsp3) is 0.111. The zero-order valence-corrected chi connectivity index (χ0v) is 7.06. The summed E-state index contributed by atoms with van der Waals surface area (Å²) in [5, 5.41) is 9.98. The molecule has 2 aromatic rings. The van der Waals surface area contributed by atoms with Gasteiger partial charge in [-0.3, -0.25) is 0 Å². The Morgan fingerprint density at radius 2 is 2.15 bits per heavy atom. The molecule has 4 heteroatoms. The van der Waals surface area contributed by atoms with Gasteiger partial charge in [0.1, 0.15) is 12.1 Å². The van der Waals surface area contributed by atoms with E-state index < -0.39 is 0 Å². The first kappa shape index (κ1) is 7.79. The van der Waals surface area contributed by atoms with Crippen LogP contribution in [0.15, 0.2) is 24.5 Å². The normalized spacial score (nSPS) is 10.2. The molecule has 0 spiro atoms. The lowest BCUT2D eigenvalue weighted by atomic mass is 10.2. The Balaban J connectivity index is 2.74. The van der Waals surface area contributed by atoms with Crippen molar-refractivity contribution in [2.24, 2.45) is 0 Å². The molecule has 1 N–H and O–H groups in total. The predicted molar refractivity (Wildman–Crippen MR) is 47.8 cm³/mol. The Labute approximate surface area is 74.8 Å². The SMILES string of the molecule is COc1ccc2ncnc(O)c2c1. The van der Waals surface area contributed by atoms with Crippen molar-refractivity contribution in [3.63, 3.8) is 0 Å². The van der Waals surface area contributed by atoms with Gasteiger partial charge >= 0.3 is 0 Å². The van der Waals surface area contributed by atoms with Crippen LogP contribution < -0.4 is 4.74 Å². The van der Waals surface area contributed by atoms with Gasteiger partial charge in [0.2, 0.25) is 5.88 Å². The highest BCUT2D eigenvalue weighted by molar-refractivity contribution is 5.84. The van der Waals surface area contributed by atoms with E-state index in [1.165, 1.54) is 6.33 Å². The third-order valence-electron chi connectivity index (χ3n) is 1.82. The van der Waals surface area contributed by atoms with Crippen LogP contribution in [0.5, 0.6) is 11.6 Å². The van der Waals surface area contributed by atoms with E-state index in [-0.39, 0.29) is 5.88 Å². The first-order chi connectivity index (χ1) is 6.31. The van der Waals surface area contributed by atoms with Crippen molar-refractivity contribution in [1.29, 1.82) is 0 Å². The van der Waals surface area contributed by atoms with E-state index in [2.05, 4.69) is 9.97 Å². The van der Waals surface area contributed by atoms with Gasteiger partial charge in [-0.15, -0.1) is 0 Å². The zero-order valence-electron chi connectivity index (χ0n) is 7.06. The Morgan fingerprint density at radius 1 is 1.31 bits per heavy atom. The van der Waals surface area contributed by atoms with Gasteiger partial charge in [-0.25, -0.2) is 9.97 Å². The van der Waals surface area contributed by atoms with Gasteiger partial charge in [-0.2, -0.15) is 0 Å². The smallest absolute Gasteiger partial charge is 0.222 e. The summed E-state index contributed by atoms with van der Waals surface area (Å²) < 4.78 is 5.01. The van der Waals surface area contributed by atoms with Crippen molar-refractivity contribution < 1.29 is 9.84 Å². The molecule has 0 atom stereocenters. The first-order valence-corrected chi connectivity index (χ1v) is 3.79. The van der Waals surface area contributed by atoms with Crippen LogP contribution in [-0.4, -0.2) is 22.2 Å². The molecule has 13 heavy (non-hydrogen) atoms. The number of benzene rings is 1. The Hall–Kier alpha value is -1.84. The van der Waals surface area contributed by atoms with Crippen LogP contribution in [-0.2, 0) is 0 Å². The molecule has 1 aromatic carbocycles. The van der Waals surface area contributed by atoms with E-state index in [4.69, 9.17) is 4.74 Å². The minimum absolute atomic E-state index is 0.0242. The lowest BCUT2D eigenvalue weighted by Crippen LogP contribution is -1.86. The summed E-state index contributed by atoms with van der Waals surface area (Å²) in [6.07, 6.45) is 1.32. The molecule has 0 bridgehead atoms. The molecule has 0 amide bonds. The van der Waals surface area contributed by atoms with E-state index in [1.54, 1.807) is 25.3 Å². The molecule has 0 saturated heterocycles. The molecule has 66 valence electrons. The summed E-state index contributed by atoms with van der Waals surface area (Å²) >= 11 is 0. The summed E-state index contributed by atoms with van der Waals surface area (Å²) in [6, 6.07) is 5.26. The number of aromatic hydroxyl groups is 1. The average molecular weight is 176 g/mol. The van der Waals surface area contributed by atoms with E-state index in [0.717, 1.165) is 0 Å². The number of rotatable bonds is 1. The van der Waals surface area contributed by atoms with Gasteiger partial charge in [0.15, 0.2) is 0 Å². The summed E-state index contributed by atoms with van der Waals surface area (Å²) in [5.41, 5.74) is 0.702.